The number of rotatable bonds is 4. The summed E-state index contributed by atoms with van der Waals surface area (Å²) in [6.45, 7) is 0.568. The third kappa shape index (κ3) is 2.57. The van der Waals surface area contributed by atoms with Crippen LogP contribution in [0.1, 0.15) is 5.01 Å². The third-order valence-electron chi connectivity index (χ3n) is 1.76. The quantitative estimate of drug-likeness (QED) is 0.567. The van der Waals surface area contributed by atoms with Crippen molar-refractivity contribution in [2.24, 2.45) is 5.84 Å². The zero-order valence-electron chi connectivity index (χ0n) is 8.14. The molecule has 2 heterocycles. The van der Waals surface area contributed by atoms with Gasteiger partial charge in [-0.2, -0.15) is 4.98 Å². The molecule has 0 unspecified atom stereocenters. The molecule has 0 aliphatic heterocycles. The first-order chi connectivity index (χ1) is 7.79. The Bertz CT molecular complexity index is 460. The summed E-state index contributed by atoms with van der Waals surface area (Å²) in [5, 5.41) is 6.36. The lowest BCUT2D eigenvalue weighted by atomic mass is 10.5. The topological polar surface area (TPSA) is 88.8 Å². The number of nitrogens with two attached hydrogens (primary N) is 1. The number of nitrogens with one attached hydrogen (secondary N) is 2. The molecular formula is C8H9ClN6S. The highest BCUT2D eigenvalue weighted by Gasteiger charge is 2.04. The van der Waals surface area contributed by atoms with E-state index in [9.17, 15) is 0 Å². The van der Waals surface area contributed by atoms with Gasteiger partial charge in [-0.15, -0.1) is 11.3 Å². The van der Waals surface area contributed by atoms with Crippen molar-refractivity contribution in [3.05, 3.63) is 27.8 Å². The summed E-state index contributed by atoms with van der Waals surface area (Å²) >= 11 is 7.48. The Morgan fingerprint density at radius 3 is 3.00 bits per heavy atom. The Labute approximate surface area is 101 Å². The molecule has 0 bridgehead atoms. The summed E-state index contributed by atoms with van der Waals surface area (Å²) in [6.07, 6.45) is 3.23. The number of nitrogen functional groups attached to an aromatic ring is 1. The van der Waals surface area contributed by atoms with Gasteiger partial charge in [-0.05, 0) is 0 Å². The lowest BCUT2D eigenvalue weighted by molar-refractivity contribution is 1.05. The molecule has 6 nitrogen and oxygen atoms in total. The maximum Gasteiger partial charge on any atom is 0.239 e. The van der Waals surface area contributed by atoms with Crippen LogP contribution in [0.4, 0.5) is 11.8 Å². The van der Waals surface area contributed by atoms with Crippen LogP contribution in [0.15, 0.2) is 17.8 Å². The molecule has 0 saturated carbocycles. The normalized spacial score (nSPS) is 10.1. The van der Waals surface area contributed by atoms with Crippen LogP contribution in [0.25, 0.3) is 0 Å². The lowest BCUT2D eigenvalue weighted by Crippen LogP contribution is -2.12. The van der Waals surface area contributed by atoms with Crippen LogP contribution in [0.2, 0.25) is 5.02 Å². The molecule has 2 aromatic rings. The first kappa shape index (κ1) is 11.1. The van der Waals surface area contributed by atoms with Gasteiger partial charge in [0.25, 0.3) is 0 Å². The Hall–Kier alpha value is -1.44. The van der Waals surface area contributed by atoms with Crippen LogP contribution < -0.4 is 16.6 Å². The first-order valence-electron chi connectivity index (χ1n) is 4.41. The van der Waals surface area contributed by atoms with E-state index in [1.165, 1.54) is 6.20 Å². The van der Waals surface area contributed by atoms with E-state index in [-0.39, 0.29) is 0 Å². The molecule has 0 aliphatic rings. The summed E-state index contributed by atoms with van der Waals surface area (Å²) in [4.78, 5) is 12.1. The van der Waals surface area contributed by atoms with E-state index in [1.807, 2.05) is 5.38 Å². The molecule has 0 saturated heterocycles. The van der Waals surface area contributed by atoms with Gasteiger partial charge in [-0.3, -0.25) is 5.43 Å². The number of thiazole rings is 1. The second-order valence-corrected chi connectivity index (χ2v) is 4.20. The summed E-state index contributed by atoms with van der Waals surface area (Å²) in [6, 6.07) is 0. The van der Waals surface area contributed by atoms with Gasteiger partial charge >= 0.3 is 0 Å². The van der Waals surface area contributed by atoms with Crippen molar-refractivity contribution in [2.75, 3.05) is 10.7 Å². The Morgan fingerprint density at radius 1 is 1.44 bits per heavy atom. The summed E-state index contributed by atoms with van der Waals surface area (Å²) in [5.41, 5.74) is 2.35. The number of hydrazine groups is 1. The highest BCUT2D eigenvalue weighted by atomic mass is 35.5. The van der Waals surface area contributed by atoms with Gasteiger partial charge in [-0.1, -0.05) is 11.6 Å². The van der Waals surface area contributed by atoms with Crippen molar-refractivity contribution >= 4 is 34.7 Å². The summed E-state index contributed by atoms with van der Waals surface area (Å²) in [5.74, 6) is 6.04. The number of nitrogens with zero attached hydrogens (tertiary/aromatic N) is 3. The molecule has 8 heteroatoms. The van der Waals surface area contributed by atoms with Crippen LogP contribution in [-0.2, 0) is 6.54 Å². The Balaban J connectivity index is 2.08. The van der Waals surface area contributed by atoms with E-state index < -0.39 is 0 Å². The van der Waals surface area contributed by atoms with Crippen molar-refractivity contribution in [3.8, 4) is 0 Å². The van der Waals surface area contributed by atoms with E-state index in [1.54, 1.807) is 17.5 Å². The molecule has 0 spiro atoms. The first-order valence-corrected chi connectivity index (χ1v) is 5.67. The number of hydrogen-bond acceptors (Lipinski definition) is 7. The van der Waals surface area contributed by atoms with Gasteiger partial charge in [0.05, 0.1) is 12.7 Å². The zero-order valence-corrected chi connectivity index (χ0v) is 9.72. The molecule has 0 aliphatic carbocycles. The molecule has 2 aromatic heterocycles. The lowest BCUT2D eigenvalue weighted by Gasteiger charge is -2.06. The SMILES string of the molecule is NNc1ncc(Cl)c(NCc2nccs2)n1. The number of halogens is 1. The minimum atomic E-state index is 0.311. The third-order valence-corrected chi connectivity index (χ3v) is 2.82. The highest BCUT2D eigenvalue weighted by Crippen LogP contribution is 2.19. The smallest absolute Gasteiger partial charge is 0.239 e. The largest absolute Gasteiger partial charge is 0.362 e. The summed E-state index contributed by atoms with van der Waals surface area (Å²) < 4.78 is 0. The average molecular weight is 257 g/mol. The van der Waals surface area contributed by atoms with E-state index in [0.717, 1.165) is 5.01 Å². The predicted octanol–water partition coefficient (Wildman–Crippen LogP) is 1.48. The van der Waals surface area contributed by atoms with Crippen LogP contribution in [-0.4, -0.2) is 15.0 Å². The van der Waals surface area contributed by atoms with Crippen LogP contribution in [0.3, 0.4) is 0 Å². The van der Waals surface area contributed by atoms with Gasteiger partial charge in [-0.25, -0.2) is 15.8 Å². The van der Waals surface area contributed by atoms with Gasteiger partial charge in [0.1, 0.15) is 10.0 Å². The summed E-state index contributed by atoms with van der Waals surface area (Å²) in [7, 11) is 0. The van der Waals surface area contributed by atoms with Crippen LogP contribution in [0.5, 0.6) is 0 Å². The molecule has 4 N–H and O–H groups in total. The Kier molecular flexibility index (Phi) is 3.50. The van der Waals surface area contributed by atoms with Gasteiger partial charge in [0, 0.05) is 11.6 Å². The van der Waals surface area contributed by atoms with Gasteiger partial charge in [0.15, 0.2) is 5.82 Å². The molecule has 0 aromatic carbocycles. The second-order valence-electron chi connectivity index (χ2n) is 2.81. The Morgan fingerprint density at radius 2 is 2.31 bits per heavy atom. The molecular weight excluding hydrogens is 248 g/mol. The van der Waals surface area contributed by atoms with E-state index in [4.69, 9.17) is 17.4 Å². The zero-order chi connectivity index (χ0) is 11.4. The monoisotopic (exact) mass is 256 g/mol. The van der Waals surface area contributed by atoms with E-state index >= 15 is 0 Å². The van der Waals surface area contributed by atoms with Crippen molar-refractivity contribution in [1.82, 2.24) is 15.0 Å². The second kappa shape index (κ2) is 5.06. The minimum absolute atomic E-state index is 0.311. The van der Waals surface area contributed by atoms with Crippen LogP contribution in [0, 0.1) is 0 Å². The molecule has 0 fully saturated rings. The molecule has 0 atom stereocenters. The fraction of sp³-hybridized carbons (Fsp3) is 0.125. The maximum absolute atomic E-state index is 5.92. The van der Waals surface area contributed by atoms with Gasteiger partial charge in [0.2, 0.25) is 5.95 Å². The molecule has 0 amide bonds. The predicted molar refractivity (Wildman–Crippen MR) is 64.3 cm³/mol. The average Bonchev–Trinajstić information content (AvgIpc) is 2.81. The van der Waals surface area contributed by atoms with Crippen molar-refractivity contribution in [2.45, 2.75) is 6.54 Å². The minimum Gasteiger partial charge on any atom is -0.362 e. The van der Waals surface area contributed by atoms with Crippen molar-refractivity contribution in [1.29, 1.82) is 0 Å². The number of aromatic nitrogens is 3. The van der Waals surface area contributed by atoms with Crippen molar-refractivity contribution in [3.63, 3.8) is 0 Å². The molecule has 84 valence electrons. The van der Waals surface area contributed by atoms with E-state index in [2.05, 4.69) is 25.7 Å². The highest BCUT2D eigenvalue weighted by molar-refractivity contribution is 7.09. The van der Waals surface area contributed by atoms with Crippen molar-refractivity contribution < 1.29 is 0 Å². The standard InChI is InChI=1S/C8H9ClN6S/c9-5-3-13-8(15-10)14-7(5)12-4-6-11-1-2-16-6/h1-3H,4,10H2,(H2,12,13,14,15). The fourth-order valence-corrected chi connectivity index (χ4v) is 1.77. The van der Waals surface area contributed by atoms with E-state index in [0.29, 0.717) is 23.3 Å². The van der Waals surface area contributed by atoms with Crippen LogP contribution >= 0.6 is 22.9 Å². The maximum atomic E-state index is 5.92. The molecule has 0 radical (unpaired) electrons. The number of anilines is 2. The fourth-order valence-electron chi connectivity index (χ4n) is 1.06. The van der Waals surface area contributed by atoms with Gasteiger partial charge < -0.3 is 5.32 Å². The molecule has 16 heavy (non-hydrogen) atoms. The number of hydrogen-bond donors (Lipinski definition) is 3. The molecule has 2 rings (SSSR count).